The Labute approximate surface area is 161 Å². The number of H-pyrrole nitrogens is 1. The summed E-state index contributed by atoms with van der Waals surface area (Å²) in [7, 11) is 0. The van der Waals surface area contributed by atoms with Crippen LogP contribution in [0.2, 0.25) is 0 Å². The van der Waals surface area contributed by atoms with Crippen LogP contribution in [0.1, 0.15) is 31.8 Å². The molecule has 0 spiro atoms. The highest BCUT2D eigenvalue weighted by atomic mass is 79.9. The Morgan fingerprint density at radius 2 is 1.52 bits per heavy atom. The third kappa shape index (κ3) is 2.07. The molecular weight excluding hydrogens is 408 g/mol. The number of halogens is 1. The number of nitrogens with one attached hydrogen (secondary N) is 1. The van der Waals surface area contributed by atoms with E-state index in [1.54, 1.807) is 42.5 Å². The molecule has 0 amide bonds. The van der Waals surface area contributed by atoms with Gasteiger partial charge in [-0.05, 0) is 40.2 Å². The van der Waals surface area contributed by atoms with Crippen molar-refractivity contribution in [2.24, 2.45) is 0 Å². The molecule has 6 heteroatoms. The summed E-state index contributed by atoms with van der Waals surface area (Å²) in [4.78, 5) is 41.9. The van der Waals surface area contributed by atoms with Gasteiger partial charge in [0, 0.05) is 37.8 Å². The van der Waals surface area contributed by atoms with Crippen molar-refractivity contribution >= 4 is 44.1 Å². The zero-order chi connectivity index (χ0) is 18.9. The summed E-state index contributed by atoms with van der Waals surface area (Å²) in [5.41, 5.74) is 8.59. The summed E-state index contributed by atoms with van der Waals surface area (Å²) in [6.45, 7) is 0. The minimum Gasteiger partial charge on any atom is -0.398 e. The predicted molar refractivity (Wildman–Crippen MR) is 107 cm³/mol. The van der Waals surface area contributed by atoms with Crippen LogP contribution in [0, 0.1) is 0 Å². The summed E-state index contributed by atoms with van der Waals surface area (Å²) in [5.74, 6) is -0.597. The molecule has 0 fully saturated rings. The first-order chi connectivity index (χ1) is 13.0. The molecule has 2 aromatic rings. The number of hydrogen-bond acceptors (Lipinski definition) is 4. The average molecular weight is 419 g/mol. The van der Waals surface area contributed by atoms with Crippen LogP contribution in [-0.4, -0.2) is 16.6 Å². The molecule has 130 valence electrons. The van der Waals surface area contributed by atoms with Gasteiger partial charge >= 0.3 is 0 Å². The maximum Gasteiger partial charge on any atom is 0.196 e. The van der Waals surface area contributed by atoms with Crippen LogP contribution in [0.4, 0.5) is 5.69 Å². The van der Waals surface area contributed by atoms with E-state index >= 15 is 0 Å². The van der Waals surface area contributed by atoms with Crippen LogP contribution in [0.25, 0.3) is 22.2 Å². The normalized spacial score (nSPS) is 13.1. The number of nitrogen functional groups attached to an aromatic ring is 1. The Balaban J connectivity index is 1.97. The standard InChI is InChI=1S/C21H11BrN2O3/c22-14-5-6-15(23)11-7-12-16(25)8-13-17(19(12)24-18(11)14)21(27)10-4-2-1-3-9(10)20(13)26/h1-8,24H,23H2. The molecule has 0 radical (unpaired) electrons. The van der Waals surface area contributed by atoms with Crippen molar-refractivity contribution in [2.75, 3.05) is 5.73 Å². The van der Waals surface area contributed by atoms with Crippen molar-refractivity contribution in [3.8, 4) is 11.3 Å². The molecule has 3 N–H and O–H groups in total. The quantitative estimate of drug-likeness (QED) is 0.295. The van der Waals surface area contributed by atoms with Gasteiger partial charge in [-0.1, -0.05) is 24.3 Å². The molecule has 1 aliphatic heterocycles. The Morgan fingerprint density at radius 1 is 0.815 bits per heavy atom. The lowest BCUT2D eigenvalue weighted by molar-refractivity contribution is 0.0979. The highest BCUT2D eigenvalue weighted by molar-refractivity contribution is 9.10. The maximum atomic E-state index is 13.2. The fraction of sp³-hybridized carbons (Fsp3) is 0. The fourth-order valence-corrected chi connectivity index (χ4v) is 4.13. The Hall–Kier alpha value is -3.25. The van der Waals surface area contributed by atoms with Gasteiger partial charge in [0.15, 0.2) is 17.0 Å². The van der Waals surface area contributed by atoms with Gasteiger partial charge < -0.3 is 10.7 Å². The number of pyridine rings is 1. The maximum absolute atomic E-state index is 13.2. The zero-order valence-electron chi connectivity index (χ0n) is 13.8. The van der Waals surface area contributed by atoms with E-state index in [1.165, 1.54) is 6.07 Å². The van der Waals surface area contributed by atoms with E-state index in [9.17, 15) is 14.4 Å². The number of fused-ring (bicyclic) bond motifs is 5. The van der Waals surface area contributed by atoms with Gasteiger partial charge in [-0.15, -0.1) is 0 Å². The van der Waals surface area contributed by atoms with Crippen molar-refractivity contribution in [2.45, 2.75) is 0 Å². The van der Waals surface area contributed by atoms with Gasteiger partial charge in [-0.3, -0.25) is 14.4 Å². The second-order valence-electron chi connectivity index (χ2n) is 6.48. The zero-order valence-corrected chi connectivity index (χ0v) is 15.4. The predicted octanol–water partition coefficient (Wildman–Crippen LogP) is 3.75. The van der Waals surface area contributed by atoms with Gasteiger partial charge in [-0.25, -0.2) is 0 Å². The number of aromatic amines is 1. The van der Waals surface area contributed by atoms with E-state index in [0.29, 0.717) is 39.0 Å². The van der Waals surface area contributed by atoms with Gasteiger partial charge in [0.05, 0.1) is 16.8 Å². The van der Waals surface area contributed by atoms with Crippen molar-refractivity contribution in [1.29, 1.82) is 0 Å². The lowest BCUT2D eigenvalue weighted by atomic mass is 9.81. The number of benzene rings is 3. The molecule has 5 nitrogen and oxygen atoms in total. The molecule has 0 unspecified atom stereocenters. The van der Waals surface area contributed by atoms with Crippen molar-refractivity contribution in [3.63, 3.8) is 0 Å². The first-order valence-electron chi connectivity index (χ1n) is 8.23. The SMILES string of the molecule is Nc1ccc(Br)c2[nH]c3c4c(cc(=O)c-3cc12)C(=O)c1ccccc1C4=O. The molecule has 0 aromatic heterocycles. The molecule has 0 atom stereocenters. The number of aromatic nitrogens is 1. The summed E-state index contributed by atoms with van der Waals surface area (Å²) in [5, 5.41) is 0.670. The number of carbonyl (C=O) groups excluding carboxylic acids is 2. The Morgan fingerprint density at radius 3 is 2.26 bits per heavy atom. The minimum absolute atomic E-state index is 0.131. The summed E-state index contributed by atoms with van der Waals surface area (Å²) in [6, 6.07) is 13.1. The smallest absolute Gasteiger partial charge is 0.196 e. The van der Waals surface area contributed by atoms with Crippen LogP contribution in [-0.2, 0) is 0 Å². The van der Waals surface area contributed by atoms with Gasteiger partial charge in [0.1, 0.15) is 0 Å². The molecular formula is C21H11BrN2O3. The van der Waals surface area contributed by atoms with Crippen molar-refractivity contribution < 1.29 is 9.59 Å². The van der Waals surface area contributed by atoms with E-state index in [1.807, 2.05) is 0 Å². The van der Waals surface area contributed by atoms with E-state index < -0.39 is 0 Å². The molecule has 1 heterocycles. The summed E-state index contributed by atoms with van der Waals surface area (Å²) >= 11 is 3.47. The van der Waals surface area contributed by atoms with Crippen molar-refractivity contribution in [1.82, 2.24) is 4.98 Å². The molecule has 2 aromatic carbocycles. The largest absolute Gasteiger partial charge is 0.398 e. The monoisotopic (exact) mass is 418 g/mol. The topological polar surface area (TPSA) is 93.0 Å². The highest BCUT2D eigenvalue weighted by Crippen LogP contribution is 2.37. The lowest BCUT2D eigenvalue weighted by Gasteiger charge is -2.21. The number of ketones is 2. The van der Waals surface area contributed by atoms with Gasteiger partial charge in [0.2, 0.25) is 0 Å². The van der Waals surface area contributed by atoms with Crippen LogP contribution in [0.3, 0.4) is 0 Å². The van der Waals surface area contributed by atoms with Crippen LogP contribution >= 0.6 is 15.9 Å². The van der Waals surface area contributed by atoms with E-state index in [4.69, 9.17) is 5.73 Å². The fourth-order valence-electron chi connectivity index (χ4n) is 3.68. The molecule has 2 aliphatic carbocycles. The van der Waals surface area contributed by atoms with Crippen molar-refractivity contribution in [3.05, 3.63) is 85.5 Å². The van der Waals surface area contributed by atoms with Crippen LogP contribution < -0.4 is 11.2 Å². The second-order valence-corrected chi connectivity index (χ2v) is 7.34. The molecule has 27 heavy (non-hydrogen) atoms. The average Bonchev–Trinajstić information content (AvgIpc) is 2.68. The Bertz CT molecular complexity index is 1350. The van der Waals surface area contributed by atoms with E-state index in [0.717, 1.165) is 4.47 Å². The first kappa shape index (κ1) is 16.0. The second kappa shape index (κ2) is 5.37. The van der Waals surface area contributed by atoms with Crippen LogP contribution in [0.5, 0.6) is 0 Å². The van der Waals surface area contributed by atoms with Gasteiger partial charge in [0.25, 0.3) is 0 Å². The lowest BCUT2D eigenvalue weighted by Crippen LogP contribution is -2.26. The van der Waals surface area contributed by atoms with Crippen LogP contribution in [0.15, 0.2) is 57.8 Å². The number of anilines is 1. The molecule has 5 rings (SSSR count). The summed E-state index contributed by atoms with van der Waals surface area (Å²) < 4.78 is 0.744. The highest BCUT2D eigenvalue weighted by Gasteiger charge is 2.34. The minimum atomic E-state index is -0.332. The van der Waals surface area contributed by atoms with Gasteiger partial charge in [-0.2, -0.15) is 0 Å². The number of hydrogen-bond donors (Lipinski definition) is 2. The van der Waals surface area contributed by atoms with E-state index in [-0.39, 0.29) is 28.1 Å². The molecule has 3 aliphatic rings. The third-order valence-corrected chi connectivity index (χ3v) is 5.65. The number of carbonyl (C=O) groups is 2. The number of nitrogens with two attached hydrogens (primary N) is 1. The molecule has 0 saturated heterocycles. The summed E-state index contributed by atoms with van der Waals surface area (Å²) in [6.07, 6.45) is 0. The molecule has 0 saturated carbocycles. The molecule has 0 bridgehead atoms. The third-order valence-electron chi connectivity index (χ3n) is 4.98. The number of rotatable bonds is 0. The Kier molecular flexibility index (Phi) is 3.18. The first-order valence-corrected chi connectivity index (χ1v) is 9.03. The van der Waals surface area contributed by atoms with E-state index in [2.05, 4.69) is 20.9 Å².